The molecular formula is C18H20Cl2N4O2. The number of nitrogens with zero attached hydrogens (tertiary/aromatic N) is 4. The first-order chi connectivity index (χ1) is 12.5. The van der Waals surface area contributed by atoms with Crippen LogP contribution in [0.3, 0.4) is 0 Å². The van der Waals surface area contributed by atoms with Gasteiger partial charge < -0.3 is 4.90 Å². The first-order valence-electron chi connectivity index (χ1n) is 8.95. The minimum atomic E-state index is -0.430. The fourth-order valence-corrected chi connectivity index (χ4v) is 4.46. The summed E-state index contributed by atoms with van der Waals surface area (Å²) in [4.78, 5) is 27.7. The molecule has 1 aromatic carbocycles. The van der Waals surface area contributed by atoms with Crippen molar-refractivity contribution >= 4 is 29.1 Å². The van der Waals surface area contributed by atoms with Crippen LogP contribution < -0.4 is 5.69 Å². The molecule has 6 nitrogen and oxygen atoms in total. The van der Waals surface area contributed by atoms with Crippen LogP contribution in [0.4, 0.5) is 0 Å². The Kier molecular flexibility index (Phi) is 4.80. The molecule has 2 aliphatic rings. The minimum Gasteiger partial charge on any atom is -0.341 e. The van der Waals surface area contributed by atoms with E-state index in [1.165, 1.54) is 4.68 Å². The third kappa shape index (κ3) is 3.28. The van der Waals surface area contributed by atoms with E-state index in [2.05, 4.69) is 5.10 Å². The Balaban J connectivity index is 1.65. The second-order valence-corrected chi connectivity index (χ2v) is 7.82. The highest BCUT2D eigenvalue weighted by Crippen LogP contribution is 2.26. The van der Waals surface area contributed by atoms with Gasteiger partial charge in [-0.05, 0) is 49.4 Å². The van der Waals surface area contributed by atoms with Gasteiger partial charge >= 0.3 is 5.69 Å². The lowest BCUT2D eigenvalue weighted by Crippen LogP contribution is -2.41. The number of amides is 1. The maximum absolute atomic E-state index is 12.9. The summed E-state index contributed by atoms with van der Waals surface area (Å²) in [6.45, 7) is 1.85. The molecule has 26 heavy (non-hydrogen) atoms. The van der Waals surface area contributed by atoms with Crippen molar-refractivity contribution in [3.8, 4) is 0 Å². The number of hydrogen-bond acceptors (Lipinski definition) is 3. The summed E-state index contributed by atoms with van der Waals surface area (Å²) in [5, 5.41) is 5.51. The van der Waals surface area contributed by atoms with E-state index >= 15 is 0 Å². The van der Waals surface area contributed by atoms with Crippen LogP contribution in [0.5, 0.6) is 0 Å². The maximum atomic E-state index is 12.9. The molecule has 0 N–H and O–H groups in total. The molecule has 0 saturated carbocycles. The largest absolute Gasteiger partial charge is 0.346 e. The van der Waals surface area contributed by atoms with Crippen molar-refractivity contribution in [1.29, 1.82) is 0 Å². The highest BCUT2D eigenvalue weighted by atomic mass is 35.5. The zero-order valence-electron chi connectivity index (χ0n) is 14.3. The third-order valence-electron chi connectivity index (χ3n) is 5.09. The van der Waals surface area contributed by atoms with Crippen molar-refractivity contribution < 1.29 is 4.79 Å². The lowest BCUT2D eigenvalue weighted by molar-refractivity contribution is -0.134. The average molecular weight is 395 g/mol. The smallest absolute Gasteiger partial charge is 0.341 e. The monoisotopic (exact) mass is 394 g/mol. The molecule has 2 aromatic rings. The molecule has 3 heterocycles. The molecule has 1 aromatic heterocycles. The van der Waals surface area contributed by atoms with E-state index in [1.807, 2.05) is 4.90 Å². The Labute approximate surface area is 161 Å². The molecule has 0 bridgehead atoms. The van der Waals surface area contributed by atoms with E-state index in [4.69, 9.17) is 23.2 Å². The second kappa shape index (κ2) is 7.08. The second-order valence-electron chi connectivity index (χ2n) is 6.94. The van der Waals surface area contributed by atoms with Gasteiger partial charge in [-0.3, -0.25) is 9.36 Å². The fraction of sp³-hybridized carbons (Fsp3) is 0.500. The molecule has 1 unspecified atom stereocenters. The molecule has 138 valence electrons. The highest BCUT2D eigenvalue weighted by Gasteiger charge is 2.34. The molecule has 8 heteroatoms. The van der Waals surface area contributed by atoms with Crippen molar-refractivity contribution in [2.45, 2.75) is 44.7 Å². The van der Waals surface area contributed by atoms with Gasteiger partial charge in [0.05, 0.1) is 6.54 Å². The Hall–Kier alpha value is -1.79. The van der Waals surface area contributed by atoms with Gasteiger partial charge in [-0.2, -0.15) is 5.10 Å². The van der Waals surface area contributed by atoms with Gasteiger partial charge in [0.2, 0.25) is 5.91 Å². The highest BCUT2D eigenvalue weighted by molar-refractivity contribution is 6.34. The topological polar surface area (TPSA) is 60.1 Å². The predicted octanol–water partition coefficient (Wildman–Crippen LogP) is 2.90. The van der Waals surface area contributed by atoms with Crippen LogP contribution in [0.1, 0.15) is 43.1 Å². The summed E-state index contributed by atoms with van der Waals surface area (Å²) in [6.07, 6.45) is 4.34. The van der Waals surface area contributed by atoms with Crippen LogP contribution in [0.25, 0.3) is 0 Å². The molecular weight excluding hydrogens is 375 g/mol. The van der Waals surface area contributed by atoms with Crippen LogP contribution in [0.2, 0.25) is 10.0 Å². The lowest BCUT2D eigenvalue weighted by Gasteiger charge is -2.27. The number of halogens is 2. The van der Waals surface area contributed by atoms with Crippen molar-refractivity contribution in [2.24, 2.45) is 0 Å². The third-order valence-corrected chi connectivity index (χ3v) is 5.52. The molecule has 0 aliphatic carbocycles. The van der Waals surface area contributed by atoms with Gasteiger partial charge in [0.15, 0.2) is 0 Å². The Morgan fingerprint density at radius 3 is 2.50 bits per heavy atom. The van der Waals surface area contributed by atoms with Gasteiger partial charge in [-0.25, -0.2) is 9.48 Å². The Morgan fingerprint density at radius 1 is 1.12 bits per heavy atom. The van der Waals surface area contributed by atoms with Crippen molar-refractivity contribution in [3.05, 3.63) is 50.1 Å². The zero-order valence-corrected chi connectivity index (χ0v) is 15.8. The molecule has 1 amide bonds. The van der Waals surface area contributed by atoms with Crippen molar-refractivity contribution in [3.63, 3.8) is 0 Å². The number of aryl methyl sites for hydroxylation is 1. The predicted molar refractivity (Wildman–Crippen MR) is 99.8 cm³/mol. The Bertz CT molecular complexity index is 879. The van der Waals surface area contributed by atoms with E-state index in [0.717, 1.165) is 37.9 Å². The maximum Gasteiger partial charge on any atom is 0.346 e. The van der Waals surface area contributed by atoms with Crippen LogP contribution in [-0.4, -0.2) is 38.2 Å². The molecule has 2 aliphatic heterocycles. The van der Waals surface area contributed by atoms with Gasteiger partial charge in [0.1, 0.15) is 11.9 Å². The SMILES string of the molecule is O=C(C1CCCc2nn(Cc3cc(Cl)cc(Cl)c3)c(=O)n21)N1CCCC1. The van der Waals surface area contributed by atoms with E-state index in [-0.39, 0.29) is 18.1 Å². The first kappa shape index (κ1) is 17.6. The molecule has 0 radical (unpaired) electrons. The van der Waals surface area contributed by atoms with E-state index in [9.17, 15) is 9.59 Å². The van der Waals surface area contributed by atoms with Crippen molar-refractivity contribution in [2.75, 3.05) is 13.1 Å². The molecule has 1 fully saturated rings. The number of carbonyl (C=O) groups excluding carboxylic acids is 1. The lowest BCUT2D eigenvalue weighted by atomic mass is 10.0. The number of carbonyl (C=O) groups is 1. The first-order valence-corrected chi connectivity index (χ1v) is 9.70. The van der Waals surface area contributed by atoms with Crippen LogP contribution >= 0.6 is 23.2 Å². The fourth-order valence-electron chi connectivity index (χ4n) is 3.89. The molecule has 1 atom stereocenters. The summed E-state index contributed by atoms with van der Waals surface area (Å²) < 4.78 is 3.00. The molecule has 4 rings (SSSR count). The summed E-state index contributed by atoms with van der Waals surface area (Å²) in [6, 6.07) is 4.76. The number of likely N-dealkylation sites (tertiary alicyclic amines) is 1. The molecule has 0 spiro atoms. The van der Waals surface area contributed by atoms with Crippen LogP contribution in [0, 0.1) is 0 Å². The van der Waals surface area contributed by atoms with Gasteiger partial charge in [0, 0.05) is 29.6 Å². The van der Waals surface area contributed by atoms with E-state index in [0.29, 0.717) is 28.7 Å². The van der Waals surface area contributed by atoms with Gasteiger partial charge in [0.25, 0.3) is 0 Å². The number of fused-ring (bicyclic) bond motifs is 1. The van der Waals surface area contributed by atoms with Crippen LogP contribution in [0.15, 0.2) is 23.0 Å². The summed E-state index contributed by atoms with van der Waals surface area (Å²) in [5.41, 5.74) is 0.566. The Morgan fingerprint density at radius 2 is 1.81 bits per heavy atom. The summed E-state index contributed by atoms with van der Waals surface area (Å²) >= 11 is 12.1. The van der Waals surface area contributed by atoms with Crippen molar-refractivity contribution in [1.82, 2.24) is 19.2 Å². The molecule has 1 saturated heterocycles. The van der Waals surface area contributed by atoms with Crippen LogP contribution in [-0.2, 0) is 17.8 Å². The number of benzene rings is 1. The summed E-state index contributed by atoms with van der Waals surface area (Å²) in [7, 11) is 0. The normalized spacial score (nSPS) is 19.6. The zero-order chi connectivity index (χ0) is 18.3. The minimum absolute atomic E-state index is 0.0518. The number of aromatic nitrogens is 3. The summed E-state index contributed by atoms with van der Waals surface area (Å²) in [5.74, 6) is 0.739. The van der Waals surface area contributed by atoms with E-state index in [1.54, 1.807) is 22.8 Å². The average Bonchev–Trinajstić information content (AvgIpc) is 3.22. The quantitative estimate of drug-likeness (QED) is 0.803. The van der Waals surface area contributed by atoms with E-state index < -0.39 is 6.04 Å². The number of hydrogen-bond donors (Lipinski definition) is 0. The standard InChI is InChI=1S/C18H20Cl2N4O2/c19-13-8-12(9-14(20)10-13)11-23-18(26)24-15(4-3-5-16(24)21-23)17(25)22-6-1-2-7-22/h8-10,15H,1-7,11H2. The van der Waals surface area contributed by atoms with Gasteiger partial charge in [-0.1, -0.05) is 23.2 Å². The number of rotatable bonds is 3. The van der Waals surface area contributed by atoms with Gasteiger partial charge in [-0.15, -0.1) is 0 Å².